The Morgan fingerprint density at radius 2 is 2.11 bits per heavy atom. The number of methoxy groups -OCH3 is 1. The van der Waals surface area contributed by atoms with E-state index < -0.39 is 0 Å². The first-order chi connectivity index (χ1) is 9.28. The summed E-state index contributed by atoms with van der Waals surface area (Å²) in [6, 6.07) is 7.35. The van der Waals surface area contributed by atoms with E-state index in [-0.39, 0.29) is 6.10 Å². The third-order valence-corrected chi connectivity index (χ3v) is 3.71. The highest BCUT2D eigenvalue weighted by Gasteiger charge is 2.26. The van der Waals surface area contributed by atoms with Crippen LogP contribution in [0, 0.1) is 17.2 Å². The second kappa shape index (κ2) is 6.44. The number of nitrogens with zero attached hydrogens (tertiary/aromatic N) is 1. The van der Waals surface area contributed by atoms with E-state index in [2.05, 4.69) is 6.07 Å². The van der Waals surface area contributed by atoms with Gasteiger partial charge in [0, 0.05) is 12.0 Å². The summed E-state index contributed by atoms with van der Waals surface area (Å²) in [6.45, 7) is 0.656. The molecule has 2 N–H and O–H groups in total. The first-order valence-corrected chi connectivity index (χ1v) is 6.73. The Morgan fingerprint density at radius 3 is 2.79 bits per heavy atom. The Labute approximate surface area is 114 Å². The van der Waals surface area contributed by atoms with Crippen LogP contribution in [-0.2, 0) is 0 Å². The summed E-state index contributed by atoms with van der Waals surface area (Å²) < 4.78 is 11.4. The summed E-state index contributed by atoms with van der Waals surface area (Å²) in [5, 5.41) is 8.89. The van der Waals surface area contributed by atoms with Crippen LogP contribution < -0.4 is 15.2 Å². The Bertz CT molecular complexity index is 468. The molecule has 0 heterocycles. The summed E-state index contributed by atoms with van der Waals surface area (Å²) >= 11 is 0. The van der Waals surface area contributed by atoms with Crippen LogP contribution in [0.2, 0.25) is 0 Å². The average Bonchev–Trinajstić information content (AvgIpc) is 2.48. The molecule has 0 amide bonds. The quantitative estimate of drug-likeness (QED) is 0.903. The molecule has 0 saturated heterocycles. The molecule has 102 valence electrons. The van der Waals surface area contributed by atoms with Gasteiger partial charge in [0.2, 0.25) is 0 Å². The first-order valence-electron chi connectivity index (χ1n) is 6.73. The lowest BCUT2D eigenvalue weighted by atomic mass is 9.86. The highest BCUT2D eigenvalue weighted by atomic mass is 16.5. The molecule has 0 radical (unpaired) electrons. The predicted octanol–water partition coefficient (Wildman–Crippen LogP) is 2.46. The maximum absolute atomic E-state index is 8.89. The van der Waals surface area contributed by atoms with Crippen molar-refractivity contribution in [2.75, 3.05) is 13.7 Å². The number of benzene rings is 1. The smallest absolute Gasteiger partial charge is 0.162 e. The minimum atomic E-state index is 0.153. The van der Waals surface area contributed by atoms with Crippen LogP contribution in [0.25, 0.3) is 0 Å². The van der Waals surface area contributed by atoms with Gasteiger partial charge in [-0.05, 0) is 37.9 Å². The van der Waals surface area contributed by atoms with Crippen LogP contribution in [0.3, 0.4) is 0 Å². The standard InChI is InChI=1S/C15H20N2O2/c1-18-15-8-11(9-16)6-7-14(15)19-13-5-3-2-4-12(13)10-17/h6-8,12-13H,2-5,10,17H2,1H3. The molecule has 0 bridgehead atoms. The normalized spacial score (nSPS) is 22.6. The number of nitrogens with two attached hydrogens (primary N) is 1. The fourth-order valence-electron chi connectivity index (χ4n) is 2.60. The second-order valence-electron chi connectivity index (χ2n) is 4.91. The van der Waals surface area contributed by atoms with E-state index in [1.165, 1.54) is 12.8 Å². The van der Waals surface area contributed by atoms with Crippen molar-refractivity contribution in [2.24, 2.45) is 11.7 Å². The molecule has 4 nitrogen and oxygen atoms in total. The Kier molecular flexibility index (Phi) is 4.64. The van der Waals surface area contributed by atoms with Gasteiger partial charge in [0.15, 0.2) is 11.5 Å². The SMILES string of the molecule is COc1cc(C#N)ccc1OC1CCCCC1CN. The molecular formula is C15H20N2O2. The van der Waals surface area contributed by atoms with E-state index >= 15 is 0 Å². The van der Waals surface area contributed by atoms with E-state index in [9.17, 15) is 0 Å². The van der Waals surface area contributed by atoms with E-state index in [4.69, 9.17) is 20.5 Å². The van der Waals surface area contributed by atoms with Crippen LogP contribution in [0.4, 0.5) is 0 Å². The second-order valence-corrected chi connectivity index (χ2v) is 4.91. The van der Waals surface area contributed by atoms with E-state index in [0.717, 1.165) is 12.8 Å². The minimum Gasteiger partial charge on any atom is -0.493 e. The first kappa shape index (κ1) is 13.7. The molecule has 4 heteroatoms. The maximum atomic E-state index is 8.89. The summed E-state index contributed by atoms with van der Waals surface area (Å²) in [5.74, 6) is 1.72. The van der Waals surface area contributed by atoms with Gasteiger partial charge in [0.05, 0.1) is 18.7 Å². The fourth-order valence-corrected chi connectivity index (χ4v) is 2.60. The number of hydrogen-bond donors (Lipinski definition) is 1. The lowest BCUT2D eigenvalue weighted by Crippen LogP contribution is -2.35. The van der Waals surface area contributed by atoms with Gasteiger partial charge in [-0.25, -0.2) is 0 Å². The molecule has 1 aromatic rings. The van der Waals surface area contributed by atoms with Crippen molar-refractivity contribution in [1.29, 1.82) is 5.26 Å². The summed E-state index contributed by atoms with van der Waals surface area (Å²) in [4.78, 5) is 0. The van der Waals surface area contributed by atoms with Crippen molar-refractivity contribution in [1.82, 2.24) is 0 Å². The van der Waals surface area contributed by atoms with Crippen LogP contribution >= 0.6 is 0 Å². The molecule has 1 aliphatic carbocycles. The van der Waals surface area contributed by atoms with Crippen LogP contribution in [0.1, 0.15) is 31.2 Å². The summed E-state index contributed by atoms with van der Waals surface area (Å²) in [6.07, 6.45) is 4.72. The lowest BCUT2D eigenvalue weighted by molar-refractivity contribution is 0.0937. The van der Waals surface area contributed by atoms with Crippen molar-refractivity contribution in [3.8, 4) is 17.6 Å². The molecular weight excluding hydrogens is 240 g/mol. The predicted molar refractivity (Wildman–Crippen MR) is 73.1 cm³/mol. The zero-order valence-electron chi connectivity index (χ0n) is 11.3. The van der Waals surface area contributed by atoms with E-state index in [0.29, 0.717) is 29.5 Å². The van der Waals surface area contributed by atoms with Crippen LogP contribution in [0.15, 0.2) is 18.2 Å². The number of nitriles is 1. The molecule has 2 atom stereocenters. The monoisotopic (exact) mass is 260 g/mol. The van der Waals surface area contributed by atoms with Gasteiger partial charge in [-0.2, -0.15) is 5.26 Å². The van der Waals surface area contributed by atoms with Crippen molar-refractivity contribution in [3.05, 3.63) is 23.8 Å². The van der Waals surface area contributed by atoms with Crippen LogP contribution in [0.5, 0.6) is 11.5 Å². The topological polar surface area (TPSA) is 68.3 Å². The molecule has 19 heavy (non-hydrogen) atoms. The number of hydrogen-bond acceptors (Lipinski definition) is 4. The van der Waals surface area contributed by atoms with Crippen molar-refractivity contribution in [2.45, 2.75) is 31.8 Å². The molecule has 1 aliphatic rings. The summed E-state index contributed by atoms with van der Waals surface area (Å²) in [5.41, 5.74) is 6.38. The third kappa shape index (κ3) is 3.18. The van der Waals surface area contributed by atoms with Crippen molar-refractivity contribution in [3.63, 3.8) is 0 Å². The Balaban J connectivity index is 2.15. The molecule has 0 spiro atoms. The van der Waals surface area contributed by atoms with Gasteiger partial charge in [-0.15, -0.1) is 0 Å². The van der Waals surface area contributed by atoms with Crippen molar-refractivity contribution >= 4 is 0 Å². The van der Waals surface area contributed by atoms with E-state index in [1.807, 2.05) is 0 Å². The fraction of sp³-hybridized carbons (Fsp3) is 0.533. The lowest BCUT2D eigenvalue weighted by Gasteiger charge is -2.31. The molecule has 2 rings (SSSR count). The zero-order chi connectivity index (χ0) is 13.7. The molecule has 2 unspecified atom stereocenters. The summed E-state index contributed by atoms with van der Waals surface area (Å²) in [7, 11) is 1.59. The molecule has 0 aliphatic heterocycles. The highest BCUT2D eigenvalue weighted by Crippen LogP contribution is 2.33. The van der Waals surface area contributed by atoms with Gasteiger partial charge < -0.3 is 15.2 Å². The maximum Gasteiger partial charge on any atom is 0.162 e. The third-order valence-electron chi connectivity index (χ3n) is 3.71. The van der Waals surface area contributed by atoms with Gasteiger partial charge in [-0.1, -0.05) is 6.42 Å². The molecule has 1 fully saturated rings. The van der Waals surface area contributed by atoms with Gasteiger partial charge in [0.1, 0.15) is 6.10 Å². The molecule has 1 aromatic carbocycles. The van der Waals surface area contributed by atoms with Gasteiger partial charge in [0.25, 0.3) is 0 Å². The number of rotatable bonds is 4. The molecule has 0 aromatic heterocycles. The molecule has 1 saturated carbocycles. The minimum absolute atomic E-state index is 0.153. The van der Waals surface area contributed by atoms with Gasteiger partial charge >= 0.3 is 0 Å². The van der Waals surface area contributed by atoms with Gasteiger partial charge in [-0.3, -0.25) is 0 Å². The highest BCUT2D eigenvalue weighted by molar-refractivity contribution is 5.46. The Morgan fingerprint density at radius 1 is 1.32 bits per heavy atom. The average molecular weight is 260 g/mol. The number of ether oxygens (including phenoxy) is 2. The largest absolute Gasteiger partial charge is 0.493 e. The van der Waals surface area contributed by atoms with E-state index in [1.54, 1.807) is 25.3 Å². The Hall–Kier alpha value is -1.73. The zero-order valence-corrected chi connectivity index (χ0v) is 11.3. The van der Waals surface area contributed by atoms with Crippen LogP contribution in [-0.4, -0.2) is 19.8 Å². The van der Waals surface area contributed by atoms with Crippen molar-refractivity contribution < 1.29 is 9.47 Å².